The van der Waals surface area contributed by atoms with Gasteiger partial charge in [-0.05, 0) is 70.7 Å². The van der Waals surface area contributed by atoms with Gasteiger partial charge in [0.25, 0.3) is 30.4 Å². The van der Waals surface area contributed by atoms with E-state index >= 15 is 0 Å². The molecule has 0 heterocycles. The maximum absolute atomic E-state index is 12.7. The molecule has 1 unspecified atom stereocenters. The predicted octanol–water partition coefficient (Wildman–Crippen LogP) is 3.54. The SMILES string of the molecule is O=C(O)C1=C(c2ccc(S(=O)(=O)O)cc2)CC=C(c2ccc(S(=O)(=O)O)cc2)C1c1ccc(S(=O)(=O)O)cc1. The lowest BCUT2D eigenvalue weighted by Gasteiger charge is -2.29. The van der Waals surface area contributed by atoms with Crippen molar-refractivity contribution in [1.82, 2.24) is 0 Å². The minimum absolute atomic E-state index is 0.0713. The van der Waals surface area contributed by atoms with E-state index in [9.17, 15) is 48.8 Å². The van der Waals surface area contributed by atoms with Gasteiger partial charge in [-0.25, -0.2) is 4.79 Å². The normalized spacial score (nSPS) is 16.6. The molecule has 14 heteroatoms. The Morgan fingerprint density at radius 2 is 1.00 bits per heavy atom. The molecule has 204 valence electrons. The Balaban J connectivity index is 1.92. The standard InChI is InChI=1S/C25H20O11S3/c26-25(27)24-22(16-3-9-19(10-4-16)38(31,32)33)14-13-21(15-1-7-18(8-2-15)37(28,29)30)23(24)17-5-11-20(12-6-17)39(34,35)36/h1-13,23H,14H2,(H,26,27)(H,28,29,30)(H,31,32,33)(H,34,35,36). The number of allylic oxidation sites excluding steroid dienone is 3. The Hall–Kier alpha value is -3.66. The fraction of sp³-hybridized carbons (Fsp3) is 0.0800. The molecule has 0 radical (unpaired) electrons. The first kappa shape index (κ1) is 28.4. The van der Waals surface area contributed by atoms with Crippen LogP contribution in [0.1, 0.15) is 29.0 Å². The summed E-state index contributed by atoms with van der Waals surface area (Å²) in [6.07, 6.45) is 1.77. The Kier molecular flexibility index (Phi) is 7.37. The number of benzene rings is 3. The van der Waals surface area contributed by atoms with Crippen LogP contribution in [0.25, 0.3) is 11.1 Å². The fourth-order valence-electron chi connectivity index (χ4n) is 4.41. The van der Waals surface area contributed by atoms with Gasteiger partial charge in [-0.1, -0.05) is 42.5 Å². The summed E-state index contributed by atoms with van der Waals surface area (Å²) < 4.78 is 96.8. The predicted molar refractivity (Wildman–Crippen MR) is 139 cm³/mol. The van der Waals surface area contributed by atoms with Crippen molar-refractivity contribution in [2.24, 2.45) is 0 Å². The number of carboxylic acid groups (broad SMARTS) is 1. The molecule has 0 fully saturated rings. The molecule has 4 N–H and O–H groups in total. The quantitative estimate of drug-likeness (QED) is 0.292. The van der Waals surface area contributed by atoms with Crippen LogP contribution < -0.4 is 0 Å². The van der Waals surface area contributed by atoms with Crippen LogP contribution in [0.3, 0.4) is 0 Å². The Morgan fingerprint density at radius 3 is 1.38 bits per heavy atom. The van der Waals surface area contributed by atoms with Crippen LogP contribution in [0.4, 0.5) is 0 Å². The van der Waals surface area contributed by atoms with Gasteiger partial charge in [0.15, 0.2) is 0 Å². The molecule has 0 bridgehead atoms. The summed E-state index contributed by atoms with van der Waals surface area (Å²) in [5, 5.41) is 10.3. The van der Waals surface area contributed by atoms with Crippen molar-refractivity contribution >= 4 is 47.5 Å². The van der Waals surface area contributed by atoms with Crippen LogP contribution in [-0.4, -0.2) is 50.0 Å². The zero-order valence-corrected chi connectivity index (χ0v) is 22.1. The molecule has 0 aliphatic heterocycles. The number of carboxylic acids is 1. The third kappa shape index (κ3) is 6.00. The van der Waals surface area contributed by atoms with E-state index in [1.165, 1.54) is 36.4 Å². The van der Waals surface area contributed by atoms with E-state index < -0.39 is 47.1 Å². The first-order valence-corrected chi connectivity index (χ1v) is 15.3. The second-order valence-electron chi connectivity index (χ2n) is 8.54. The maximum Gasteiger partial charge on any atom is 0.332 e. The first-order chi connectivity index (χ1) is 18.1. The third-order valence-electron chi connectivity index (χ3n) is 6.18. The summed E-state index contributed by atoms with van der Waals surface area (Å²) in [5.74, 6) is -2.34. The van der Waals surface area contributed by atoms with E-state index in [0.717, 1.165) is 36.4 Å². The van der Waals surface area contributed by atoms with E-state index in [1.807, 2.05) is 0 Å². The van der Waals surface area contributed by atoms with Crippen molar-refractivity contribution in [3.05, 3.63) is 101 Å². The molecule has 1 atom stereocenters. The summed E-state index contributed by atoms with van der Waals surface area (Å²) in [4.78, 5) is 11.5. The van der Waals surface area contributed by atoms with E-state index in [1.54, 1.807) is 6.08 Å². The second kappa shape index (κ2) is 10.1. The number of aliphatic carboxylic acids is 1. The van der Waals surface area contributed by atoms with Gasteiger partial charge < -0.3 is 5.11 Å². The molecule has 4 rings (SSSR count). The zero-order valence-electron chi connectivity index (χ0n) is 19.7. The van der Waals surface area contributed by atoms with Gasteiger partial charge in [0, 0.05) is 5.92 Å². The van der Waals surface area contributed by atoms with Gasteiger partial charge in [-0.2, -0.15) is 25.3 Å². The topological polar surface area (TPSA) is 200 Å². The van der Waals surface area contributed by atoms with Crippen LogP contribution in [0.5, 0.6) is 0 Å². The second-order valence-corrected chi connectivity index (χ2v) is 12.8. The molecule has 1 aliphatic carbocycles. The van der Waals surface area contributed by atoms with Crippen molar-refractivity contribution in [2.75, 3.05) is 0 Å². The van der Waals surface area contributed by atoms with Gasteiger partial charge in [0.1, 0.15) is 0 Å². The summed E-state index contributed by atoms with van der Waals surface area (Å²) in [6, 6.07) is 14.9. The Bertz CT molecular complexity index is 1830. The van der Waals surface area contributed by atoms with Crippen LogP contribution >= 0.6 is 0 Å². The molecule has 3 aromatic rings. The highest BCUT2D eigenvalue weighted by atomic mass is 32.2. The summed E-state index contributed by atoms with van der Waals surface area (Å²) in [7, 11) is -13.5. The summed E-state index contributed by atoms with van der Waals surface area (Å²) in [5.41, 5.74) is 1.74. The minimum atomic E-state index is -4.53. The molecule has 11 nitrogen and oxygen atoms in total. The largest absolute Gasteiger partial charge is 0.478 e. The third-order valence-corrected chi connectivity index (χ3v) is 8.78. The lowest BCUT2D eigenvalue weighted by molar-refractivity contribution is -0.132. The smallest absolute Gasteiger partial charge is 0.332 e. The van der Waals surface area contributed by atoms with Gasteiger partial charge in [0.2, 0.25) is 0 Å². The maximum atomic E-state index is 12.7. The van der Waals surface area contributed by atoms with Gasteiger partial charge in [0.05, 0.1) is 20.3 Å². The van der Waals surface area contributed by atoms with Gasteiger partial charge in [-0.15, -0.1) is 0 Å². The highest BCUT2D eigenvalue weighted by Gasteiger charge is 2.33. The summed E-state index contributed by atoms with van der Waals surface area (Å²) >= 11 is 0. The van der Waals surface area contributed by atoms with E-state index in [-0.39, 0.29) is 21.8 Å². The molecule has 39 heavy (non-hydrogen) atoms. The van der Waals surface area contributed by atoms with Gasteiger partial charge in [-0.3, -0.25) is 13.7 Å². The van der Waals surface area contributed by atoms with E-state index in [4.69, 9.17) is 0 Å². The lowest BCUT2D eigenvalue weighted by Crippen LogP contribution is -2.18. The van der Waals surface area contributed by atoms with Crippen molar-refractivity contribution in [1.29, 1.82) is 0 Å². The van der Waals surface area contributed by atoms with Crippen molar-refractivity contribution < 1.29 is 48.8 Å². The Labute approximate surface area is 224 Å². The molecular weight excluding hydrogens is 572 g/mol. The molecule has 0 spiro atoms. The zero-order chi connectivity index (χ0) is 28.8. The monoisotopic (exact) mass is 592 g/mol. The number of hydrogen-bond donors (Lipinski definition) is 4. The molecule has 3 aromatic carbocycles. The van der Waals surface area contributed by atoms with Crippen LogP contribution in [0.15, 0.2) is 99.1 Å². The minimum Gasteiger partial charge on any atom is -0.478 e. The number of hydrogen-bond acceptors (Lipinski definition) is 7. The first-order valence-electron chi connectivity index (χ1n) is 11.0. The Morgan fingerprint density at radius 1 is 0.615 bits per heavy atom. The van der Waals surface area contributed by atoms with E-state index in [0.29, 0.717) is 27.8 Å². The van der Waals surface area contributed by atoms with Crippen molar-refractivity contribution in [3.63, 3.8) is 0 Å². The van der Waals surface area contributed by atoms with Crippen LogP contribution in [0.2, 0.25) is 0 Å². The molecular formula is C25H20O11S3. The molecule has 0 amide bonds. The lowest BCUT2D eigenvalue weighted by atomic mass is 9.74. The fourth-order valence-corrected chi connectivity index (χ4v) is 5.85. The molecule has 0 aromatic heterocycles. The molecule has 1 aliphatic rings. The summed E-state index contributed by atoms with van der Waals surface area (Å²) in [6.45, 7) is 0. The van der Waals surface area contributed by atoms with Gasteiger partial charge >= 0.3 is 5.97 Å². The van der Waals surface area contributed by atoms with Crippen LogP contribution in [0, 0.1) is 0 Å². The highest BCUT2D eigenvalue weighted by molar-refractivity contribution is 7.86. The highest BCUT2D eigenvalue weighted by Crippen LogP contribution is 2.46. The molecule has 0 saturated heterocycles. The number of carbonyl (C=O) groups is 1. The number of rotatable bonds is 7. The average Bonchev–Trinajstić information content (AvgIpc) is 2.86. The average molecular weight is 593 g/mol. The van der Waals surface area contributed by atoms with Crippen molar-refractivity contribution in [3.8, 4) is 0 Å². The van der Waals surface area contributed by atoms with Crippen molar-refractivity contribution in [2.45, 2.75) is 27.0 Å². The molecule has 0 saturated carbocycles. The van der Waals surface area contributed by atoms with Crippen LogP contribution in [-0.2, 0) is 35.1 Å². The van der Waals surface area contributed by atoms with E-state index in [2.05, 4.69) is 0 Å².